The Morgan fingerprint density at radius 2 is 1.79 bits per heavy atom. The van der Waals surface area contributed by atoms with E-state index in [4.69, 9.17) is 11.6 Å². The molecular formula is C20H16ClF6N5O. The monoisotopic (exact) mass is 491 g/mol. The molecule has 1 aliphatic heterocycles. The van der Waals surface area contributed by atoms with Gasteiger partial charge in [0.05, 0.1) is 33.9 Å². The Bertz CT molecular complexity index is 1190. The third kappa shape index (κ3) is 4.42. The van der Waals surface area contributed by atoms with Crippen LogP contribution in [0.5, 0.6) is 0 Å². The quantitative estimate of drug-likeness (QED) is 0.509. The molecule has 1 aliphatic rings. The fraction of sp³-hybridized carbons (Fsp3) is 0.350. The molecule has 1 aromatic carbocycles. The van der Waals surface area contributed by atoms with Crippen LogP contribution in [0.4, 0.5) is 26.3 Å². The van der Waals surface area contributed by atoms with Crippen LogP contribution in [0.3, 0.4) is 0 Å². The smallest absolute Gasteiger partial charge is 0.374 e. The van der Waals surface area contributed by atoms with Crippen LogP contribution in [0, 0.1) is 6.92 Å². The Labute approximate surface area is 188 Å². The Balaban J connectivity index is 1.69. The van der Waals surface area contributed by atoms with E-state index in [2.05, 4.69) is 20.2 Å². The highest BCUT2D eigenvalue weighted by Gasteiger charge is 2.38. The van der Waals surface area contributed by atoms with Crippen molar-refractivity contribution in [2.24, 2.45) is 0 Å². The molecule has 1 atom stereocenters. The summed E-state index contributed by atoms with van der Waals surface area (Å²) in [6.45, 7) is 1.59. The molecule has 2 N–H and O–H groups in total. The number of aliphatic hydroxyl groups is 1. The SMILES string of the molecule is Cc1nc2c(c(-c3[nH]ncc3C(F)(F)F)n1)CCN(C(O)c1cccc(C(F)(F)F)c1Cl)C2. The van der Waals surface area contributed by atoms with Gasteiger partial charge < -0.3 is 5.11 Å². The molecule has 1 unspecified atom stereocenters. The molecule has 0 fully saturated rings. The second kappa shape index (κ2) is 8.26. The second-order valence-electron chi connectivity index (χ2n) is 7.50. The van der Waals surface area contributed by atoms with Crippen molar-refractivity contribution < 1.29 is 31.4 Å². The molecule has 33 heavy (non-hydrogen) atoms. The molecule has 0 bridgehead atoms. The van der Waals surface area contributed by atoms with Gasteiger partial charge >= 0.3 is 12.4 Å². The van der Waals surface area contributed by atoms with Gasteiger partial charge in [0.2, 0.25) is 0 Å². The van der Waals surface area contributed by atoms with Crippen LogP contribution in [0.2, 0.25) is 5.02 Å². The number of rotatable bonds is 3. The predicted molar refractivity (Wildman–Crippen MR) is 105 cm³/mol. The number of aryl methyl sites for hydroxylation is 1. The Kier molecular flexibility index (Phi) is 5.87. The molecular weight excluding hydrogens is 476 g/mol. The summed E-state index contributed by atoms with van der Waals surface area (Å²) in [5, 5.41) is 16.0. The molecule has 0 saturated heterocycles. The second-order valence-corrected chi connectivity index (χ2v) is 7.88. The summed E-state index contributed by atoms with van der Waals surface area (Å²) in [5.41, 5.74) is -1.62. The standard InChI is InChI=1S/C20H16ClF6N5O/c1-9-29-14-8-32(18(33)11-3-2-4-12(15(11)21)19(22,23)24)6-5-10(14)16(30-9)17-13(7-28-31-17)20(25,26)27/h2-4,7,18,33H,5-6,8H2,1H3,(H,28,31). The largest absolute Gasteiger partial charge is 0.420 e. The van der Waals surface area contributed by atoms with E-state index in [1.54, 1.807) is 0 Å². The maximum atomic E-state index is 13.4. The van der Waals surface area contributed by atoms with Gasteiger partial charge in [0.1, 0.15) is 17.6 Å². The molecule has 176 valence electrons. The summed E-state index contributed by atoms with van der Waals surface area (Å²) in [6, 6.07) is 3.25. The predicted octanol–water partition coefficient (Wildman–Crippen LogP) is 4.92. The van der Waals surface area contributed by atoms with Crippen LogP contribution in [0.1, 0.15) is 40.0 Å². The highest BCUT2D eigenvalue weighted by atomic mass is 35.5. The molecule has 0 saturated carbocycles. The van der Waals surface area contributed by atoms with Gasteiger partial charge in [-0.3, -0.25) is 10.00 Å². The maximum absolute atomic E-state index is 13.4. The molecule has 2 aromatic heterocycles. The summed E-state index contributed by atoms with van der Waals surface area (Å²) in [6.07, 6.45) is -10.0. The number of nitrogens with zero attached hydrogens (tertiary/aromatic N) is 4. The molecule has 3 heterocycles. The molecule has 13 heteroatoms. The van der Waals surface area contributed by atoms with Crippen LogP contribution in [-0.4, -0.2) is 36.7 Å². The van der Waals surface area contributed by atoms with E-state index >= 15 is 0 Å². The van der Waals surface area contributed by atoms with E-state index in [1.807, 2.05) is 0 Å². The number of aromatic amines is 1. The highest BCUT2D eigenvalue weighted by molar-refractivity contribution is 6.32. The first-order valence-electron chi connectivity index (χ1n) is 9.63. The molecule has 0 amide bonds. The normalized spacial score (nSPS) is 16.0. The zero-order chi connectivity index (χ0) is 24.1. The fourth-order valence-corrected chi connectivity index (χ4v) is 4.17. The highest BCUT2D eigenvalue weighted by Crippen LogP contribution is 2.41. The van der Waals surface area contributed by atoms with Gasteiger partial charge in [0, 0.05) is 24.2 Å². The minimum atomic E-state index is -4.69. The number of nitrogens with one attached hydrogen (secondary N) is 1. The third-order valence-corrected chi connectivity index (χ3v) is 5.77. The average Bonchev–Trinajstić information content (AvgIpc) is 3.22. The lowest BCUT2D eigenvalue weighted by Crippen LogP contribution is -2.35. The number of halogens is 7. The van der Waals surface area contributed by atoms with E-state index < -0.39 is 34.7 Å². The Morgan fingerprint density at radius 1 is 1.09 bits per heavy atom. The zero-order valence-electron chi connectivity index (χ0n) is 16.9. The number of alkyl halides is 6. The number of benzene rings is 1. The van der Waals surface area contributed by atoms with E-state index in [-0.39, 0.29) is 42.3 Å². The zero-order valence-corrected chi connectivity index (χ0v) is 17.6. The minimum Gasteiger partial charge on any atom is -0.374 e. The van der Waals surface area contributed by atoms with Crippen molar-refractivity contribution in [1.29, 1.82) is 0 Å². The molecule has 6 nitrogen and oxygen atoms in total. The molecule has 0 aliphatic carbocycles. The Morgan fingerprint density at radius 3 is 2.45 bits per heavy atom. The van der Waals surface area contributed by atoms with Crippen LogP contribution in [0.25, 0.3) is 11.4 Å². The van der Waals surface area contributed by atoms with Gasteiger partial charge in [-0.05, 0) is 19.4 Å². The van der Waals surface area contributed by atoms with Gasteiger partial charge in [0.25, 0.3) is 0 Å². The van der Waals surface area contributed by atoms with E-state index in [0.29, 0.717) is 17.5 Å². The van der Waals surface area contributed by atoms with Gasteiger partial charge in [-0.1, -0.05) is 23.7 Å². The lowest BCUT2D eigenvalue weighted by molar-refractivity contribution is -0.138. The van der Waals surface area contributed by atoms with Gasteiger partial charge in [-0.2, -0.15) is 31.4 Å². The van der Waals surface area contributed by atoms with Crippen molar-refractivity contribution in [3.05, 3.63) is 63.2 Å². The van der Waals surface area contributed by atoms with Crippen LogP contribution >= 0.6 is 11.6 Å². The minimum absolute atomic E-state index is 0.0328. The first-order chi connectivity index (χ1) is 15.4. The first-order valence-corrected chi connectivity index (χ1v) is 10.0. The van der Waals surface area contributed by atoms with Crippen LogP contribution in [-0.2, 0) is 25.3 Å². The first kappa shape index (κ1) is 23.5. The lowest BCUT2D eigenvalue weighted by atomic mass is 9.98. The number of hydrogen-bond donors (Lipinski definition) is 2. The number of aromatic nitrogens is 4. The van der Waals surface area contributed by atoms with Crippen molar-refractivity contribution >= 4 is 11.6 Å². The van der Waals surface area contributed by atoms with Crippen molar-refractivity contribution in [1.82, 2.24) is 25.1 Å². The molecule has 0 radical (unpaired) electrons. The summed E-state index contributed by atoms with van der Waals surface area (Å²) in [7, 11) is 0. The van der Waals surface area contributed by atoms with E-state index in [0.717, 1.165) is 12.1 Å². The van der Waals surface area contributed by atoms with Crippen LogP contribution in [0.15, 0.2) is 24.4 Å². The van der Waals surface area contributed by atoms with Crippen molar-refractivity contribution in [3.8, 4) is 11.4 Å². The lowest BCUT2D eigenvalue weighted by Gasteiger charge is -2.33. The molecule has 4 rings (SSSR count). The number of H-pyrrole nitrogens is 1. The van der Waals surface area contributed by atoms with E-state index in [9.17, 15) is 31.4 Å². The van der Waals surface area contributed by atoms with Crippen LogP contribution < -0.4 is 0 Å². The van der Waals surface area contributed by atoms with E-state index in [1.165, 1.54) is 17.9 Å². The Hall–Kier alpha value is -2.70. The van der Waals surface area contributed by atoms with Crippen molar-refractivity contribution in [3.63, 3.8) is 0 Å². The summed E-state index contributed by atoms with van der Waals surface area (Å²) >= 11 is 5.94. The summed E-state index contributed by atoms with van der Waals surface area (Å²) < 4.78 is 79.7. The van der Waals surface area contributed by atoms with Crippen molar-refractivity contribution in [2.45, 2.75) is 38.5 Å². The topological polar surface area (TPSA) is 77.9 Å². The number of fused-ring (bicyclic) bond motifs is 1. The molecule has 0 spiro atoms. The third-order valence-electron chi connectivity index (χ3n) is 5.35. The van der Waals surface area contributed by atoms with Gasteiger partial charge in [-0.25, -0.2) is 9.97 Å². The summed E-state index contributed by atoms with van der Waals surface area (Å²) in [4.78, 5) is 9.91. The van der Waals surface area contributed by atoms with Gasteiger partial charge in [0.15, 0.2) is 0 Å². The molecule has 3 aromatic rings. The summed E-state index contributed by atoms with van der Waals surface area (Å²) in [5.74, 6) is 0.194. The number of hydrogen-bond acceptors (Lipinski definition) is 5. The van der Waals surface area contributed by atoms with Crippen molar-refractivity contribution in [2.75, 3.05) is 6.54 Å². The number of aliphatic hydroxyl groups excluding tert-OH is 1. The average molecular weight is 492 g/mol. The van der Waals surface area contributed by atoms with Gasteiger partial charge in [-0.15, -0.1) is 0 Å². The maximum Gasteiger partial charge on any atom is 0.420 e. The fourth-order valence-electron chi connectivity index (χ4n) is 3.84.